The van der Waals surface area contributed by atoms with Crippen molar-refractivity contribution in [2.24, 2.45) is 5.92 Å². The average molecular weight is 354 g/mol. The predicted octanol–water partition coefficient (Wildman–Crippen LogP) is 3.23. The Hall–Kier alpha value is -2.58. The Labute approximate surface area is 147 Å². The van der Waals surface area contributed by atoms with Crippen LogP contribution in [0, 0.1) is 18.3 Å². The van der Waals surface area contributed by atoms with Crippen LogP contribution in [0.2, 0.25) is 0 Å². The van der Waals surface area contributed by atoms with Crippen LogP contribution in [0.5, 0.6) is 0 Å². The molecule has 4 nitrogen and oxygen atoms in total. The van der Waals surface area contributed by atoms with Gasteiger partial charge in [0.2, 0.25) is 0 Å². The third-order valence-electron chi connectivity index (χ3n) is 4.07. The summed E-state index contributed by atoms with van der Waals surface area (Å²) in [5.74, 6) is 2.05. The topological polar surface area (TPSA) is 60.4 Å². The van der Waals surface area contributed by atoms with E-state index < -0.39 is 21.9 Å². The van der Waals surface area contributed by atoms with Crippen molar-refractivity contribution in [1.29, 1.82) is 0 Å². The molecular formula is C20H18O4S. The van der Waals surface area contributed by atoms with Crippen molar-refractivity contribution >= 4 is 15.8 Å². The van der Waals surface area contributed by atoms with Crippen molar-refractivity contribution in [2.75, 3.05) is 0 Å². The molecule has 1 fully saturated rings. The van der Waals surface area contributed by atoms with E-state index in [1.54, 1.807) is 54.6 Å². The molecule has 0 heterocycles. The highest BCUT2D eigenvalue weighted by Crippen LogP contribution is 2.34. The van der Waals surface area contributed by atoms with Gasteiger partial charge in [0.1, 0.15) is 0 Å². The van der Waals surface area contributed by atoms with E-state index in [-0.39, 0.29) is 16.6 Å². The Morgan fingerprint density at radius 1 is 1.16 bits per heavy atom. The lowest BCUT2D eigenvalue weighted by atomic mass is 10.1. The van der Waals surface area contributed by atoms with Gasteiger partial charge >= 0.3 is 5.97 Å². The molecule has 5 heteroatoms. The Kier molecular flexibility index (Phi) is 4.91. The maximum atomic E-state index is 12.5. The lowest BCUT2D eigenvalue weighted by Gasteiger charge is -2.12. The van der Waals surface area contributed by atoms with Crippen LogP contribution in [0.15, 0.2) is 59.5 Å². The van der Waals surface area contributed by atoms with Gasteiger partial charge in [0.25, 0.3) is 0 Å². The van der Waals surface area contributed by atoms with Crippen LogP contribution in [0.3, 0.4) is 0 Å². The highest BCUT2D eigenvalue weighted by Gasteiger charge is 2.33. The number of benzene rings is 2. The third-order valence-corrected chi connectivity index (χ3v) is 5.77. The molecule has 0 spiro atoms. The first-order chi connectivity index (χ1) is 12.0. The van der Waals surface area contributed by atoms with E-state index >= 15 is 0 Å². The summed E-state index contributed by atoms with van der Waals surface area (Å²) in [5.41, 5.74) is 0.837. The van der Waals surface area contributed by atoms with E-state index in [1.165, 1.54) is 0 Å². The van der Waals surface area contributed by atoms with Crippen LogP contribution in [0.25, 0.3) is 0 Å². The van der Waals surface area contributed by atoms with Crippen LogP contribution < -0.4 is 0 Å². The summed E-state index contributed by atoms with van der Waals surface area (Å²) < 4.78 is 30.3. The Balaban J connectivity index is 1.75. The van der Waals surface area contributed by atoms with Crippen molar-refractivity contribution in [1.82, 2.24) is 0 Å². The number of sulfone groups is 1. The van der Waals surface area contributed by atoms with Crippen LogP contribution in [0.4, 0.5) is 0 Å². The van der Waals surface area contributed by atoms with Gasteiger partial charge in [-0.1, -0.05) is 36.3 Å². The second kappa shape index (κ2) is 7.12. The molecule has 1 aliphatic rings. The Morgan fingerprint density at radius 3 is 2.52 bits per heavy atom. The molecule has 128 valence electrons. The number of carbonyl (C=O) groups excluding carboxylic acids is 1. The standard InChI is InChI=1S/C20H18O4S/c1-2-19(16-11-12-16)24-20(21)17-8-6-7-15(13-17)14-25(22,23)18-9-4-3-5-10-18/h1,3-10,13,16,19H,11-12,14H2/t19-/m1/s1. The lowest BCUT2D eigenvalue weighted by Crippen LogP contribution is -2.18. The molecule has 25 heavy (non-hydrogen) atoms. The molecule has 0 saturated heterocycles. The summed E-state index contributed by atoms with van der Waals surface area (Å²) in [5, 5.41) is 0. The van der Waals surface area contributed by atoms with Crippen molar-refractivity contribution < 1.29 is 17.9 Å². The summed E-state index contributed by atoms with van der Waals surface area (Å²) in [6, 6.07) is 14.7. The lowest BCUT2D eigenvalue weighted by molar-refractivity contribution is 0.0374. The number of carbonyl (C=O) groups is 1. The van der Waals surface area contributed by atoms with Gasteiger partial charge in [-0.15, -0.1) is 6.42 Å². The normalized spacial score (nSPS) is 15.2. The maximum absolute atomic E-state index is 12.5. The molecule has 0 radical (unpaired) electrons. The van der Waals surface area contributed by atoms with Crippen LogP contribution in [-0.4, -0.2) is 20.5 Å². The van der Waals surface area contributed by atoms with E-state index in [4.69, 9.17) is 11.2 Å². The Bertz CT molecular complexity index is 906. The van der Waals surface area contributed by atoms with Crippen LogP contribution >= 0.6 is 0 Å². The molecule has 0 amide bonds. The highest BCUT2D eigenvalue weighted by atomic mass is 32.2. The first-order valence-corrected chi connectivity index (χ1v) is 9.69. The second-order valence-electron chi connectivity index (χ2n) is 6.10. The predicted molar refractivity (Wildman–Crippen MR) is 94.5 cm³/mol. The number of ether oxygens (including phenoxy) is 1. The van der Waals surface area contributed by atoms with Gasteiger partial charge in [0.15, 0.2) is 15.9 Å². The van der Waals surface area contributed by atoms with Gasteiger partial charge in [0.05, 0.1) is 16.2 Å². The van der Waals surface area contributed by atoms with Crippen molar-refractivity contribution in [2.45, 2.75) is 29.6 Å². The molecule has 3 rings (SSSR count). The van der Waals surface area contributed by atoms with Gasteiger partial charge in [-0.25, -0.2) is 13.2 Å². The smallest absolute Gasteiger partial charge is 0.339 e. The van der Waals surface area contributed by atoms with Crippen molar-refractivity contribution in [3.05, 3.63) is 65.7 Å². The average Bonchev–Trinajstić information content (AvgIpc) is 3.45. The minimum atomic E-state index is -3.47. The zero-order valence-corrected chi connectivity index (χ0v) is 14.4. The summed E-state index contributed by atoms with van der Waals surface area (Å²) >= 11 is 0. The molecule has 2 aromatic rings. The summed E-state index contributed by atoms with van der Waals surface area (Å²) in [4.78, 5) is 12.5. The van der Waals surface area contributed by atoms with E-state index in [2.05, 4.69) is 5.92 Å². The van der Waals surface area contributed by atoms with Gasteiger partial charge in [-0.3, -0.25) is 0 Å². The van der Waals surface area contributed by atoms with E-state index in [0.717, 1.165) is 12.8 Å². The fraction of sp³-hybridized carbons (Fsp3) is 0.250. The van der Waals surface area contributed by atoms with Gasteiger partial charge in [-0.2, -0.15) is 0 Å². The van der Waals surface area contributed by atoms with Gasteiger partial charge < -0.3 is 4.74 Å². The first kappa shape index (κ1) is 17.2. The largest absolute Gasteiger partial charge is 0.445 e. The SMILES string of the molecule is C#C[C@@H](OC(=O)c1cccc(CS(=O)(=O)c2ccccc2)c1)C1CC1. The quantitative estimate of drug-likeness (QED) is 0.590. The third kappa shape index (κ3) is 4.28. The number of hydrogen-bond donors (Lipinski definition) is 0. The molecule has 1 atom stereocenters. The number of hydrogen-bond acceptors (Lipinski definition) is 4. The number of terminal acetylenes is 1. The van der Waals surface area contributed by atoms with E-state index in [1.807, 2.05) is 0 Å². The van der Waals surface area contributed by atoms with Crippen LogP contribution in [-0.2, 0) is 20.3 Å². The highest BCUT2D eigenvalue weighted by molar-refractivity contribution is 7.90. The molecule has 0 aliphatic heterocycles. The zero-order valence-electron chi connectivity index (χ0n) is 13.6. The van der Waals surface area contributed by atoms with Gasteiger partial charge in [0, 0.05) is 5.92 Å². The Morgan fingerprint density at radius 2 is 1.88 bits per heavy atom. The molecule has 0 aromatic heterocycles. The summed E-state index contributed by atoms with van der Waals surface area (Å²) in [6.07, 6.45) is 6.84. The molecule has 1 aliphatic carbocycles. The first-order valence-electron chi connectivity index (χ1n) is 8.03. The number of rotatable bonds is 6. The van der Waals surface area contributed by atoms with Crippen LogP contribution in [0.1, 0.15) is 28.8 Å². The fourth-order valence-electron chi connectivity index (χ4n) is 2.57. The summed E-state index contributed by atoms with van der Waals surface area (Å²) in [6.45, 7) is 0. The van der Waals surface area contributed by atoms with Gasteiger partial charge in [-0.05, 0) is 42.7 Å². The number of esters is 1. The van der Waals surface area contributed by atoms with E-state index in [9.17, 15) is 13.2 Å². The van der Waals surface area contributed by atoms with Crippen molar-refractivity contribution in [3.8, 4) is 12.3 Å². The molecule has 2 aromatic carbocycles. The molecular weight excluding hydrogens is 336 g/mol. The summed E-state index contributed by atoms with van der Waals surface area (Å²) in [7, 11) is -3.47. The minimum absolute atomic E-state index is 0.181. The fourth-order valence-corrected chi connectivity index (χ4v) is 3.92. The molecule has 1 saturated carbocycles. The minimum Gasteiger partial charge on any atom is -0.445 e. The van der Waals surface area contributed by atoms with E-state index in [0.29, 0.717) is 11.1 Å². The zero-order chi connectivity index (χ0) is 17.9. The maximum Gasteiger partial charge on any atom is 0.339 e. The second-order valence-corrected chi connectivity index (χ2v) is 8.09. The molecule has 0 N–H and O–H groups in total. The molecule has 0 unspecified atom stereocenters. The van der Waals surface area contributed by atoms with Crippen molar-refractivity contribution in [3.63, 3.8) is 0 Å². The molecule has 0 bridgehead atoms. The monoisotopic (exact) mass is 354 g/mol.